The number of ether oxygens (including phenoxy) is 1. The van der Waals surface area contributed by atoms with Crippen LogP contribution in [-0.4, -0.2) is 12.6 Å². The molecule has 1 fully saturated rings. The van der Waals surface area contributed by atoms with Gasteiger partial charge in [-0.25, -0.2) is 0 Å². The van der Waals surface area contributed by atoms with Crippen molar-refractivity contribution in [2.75, 3.05) is 6.61 Å². The summed E-state index contributed by atoms with van der Waals surface area (Å²) < 4.78 is 4.87. The quantitative estimate of drug-likeness (QED) is 0.457. The van der Waals surface area contributed by atoms with E-state index >= 15 is 0 Å². The van der Waals surface area contributed by atoms with Crippen molar-refractivity contribution in [3.63, 3.8) is 0 Å². The van der Waals surface area contributed by atoms with Crippen LogP contribution in [0.15, 0.2) is 12.2 Å². The molecule has 2 nitrogen and oxygen atoms in total. The van der Waals surface area contributed by atoms with Crippen LogP contribution in [-0.2, 0) is 9.53 Å². The normalized spacial score (nSPS) is 27.8. The van der Waals surface area contributed by atoms with Crippen molar-refractivity contribution >= 4 is 5.97 Å². The zero-order valence-electron chi connectivity index (χ0n) is 7.09. The molecule has 2 atom stereocenters. The third kappa shape index (κ3) is 1.82. The van der Waals surface area contributed by atoms with E-state index in [-0.39, 0.29) is 11.9 Å². The molecule has 0 heterocycles. The van der Waals surface area contributed by atoms with Gasteiger partial charge in [0.05, 0.1) is 12.5 Å². The van der Waals surface area contributed by atoms with Crippen LogP contribution in [0.3, 0.4) is 0 Å². The zero-order valence-corrected chi connectivity index (χ0v) is 7.09. The van der Waals surface area contributed by atoms with E-state index in [1.807, 2.05) is 13.8 Å². The van der Waals surface area contributed by atoms with Crippen molar-refractivity contribution < 1.29 is 9.53 Å². The number of esters is 1. The first-order valence-corrected chi connectivity index (χ1v) is 3.98. The van der Waals surface area contributed by atoms with Crippen LogP contribution in [0.4, 0.5) is 0 Å². The maximum absolute atomic E-state index is 11.1. The van der Waals surface area contributed by atoms with E-state index in [1.165, 1.54) is 0 Å². The van der Waals surface area contributed by atoms with Crippen LogP contribution in [0.25, 0.3) is 0 Å². The maximum atomic E-state index is 11.1. The van der Waals surface area contributed by atoms with E-state index in [9.17, 15) is 4.79 Å². The third-order valence-corrected chi connectivity index (χ3v) is 2.01. The molecule has 0 aromatic carbocycles. The maximum Gasteiger partial charge on any atom is 0.309 e. The van der Waals surface area contributed by atoms with Gasteiger partial charge >= 0.3 is 5.97 Å². The first-order chi connectivity index (χ1) is 5.16. The van der Waals surface area contributed by atoms with Gasteiger partial charge in [0.1, 0.15) is 0 Å². The Labute approximate surface area is 67.2 Å². The highest BCUT2D eigenvalue weighted by atomic mass is 16.5. The average Bonchev–Trinajstić information content (AvgIpc) is 2.65. The van der Waals surface area contributed by atoms with Gasteiger partial charge in [-0.15, -0.1) is 0 Å². The Morgan fingerprint density at radius 3 is 2.64 bits per heavy atom. The van der Waals surface area contributed by atoms with Gasteiger partial charge in [0.25, 0.3) is 0 Å². The van der Waals surface area contributed by atoms with Gasteiger partial charge in [0, 0.05) is 0 Å². The molecule has 1 saturated carbocycles. The monoisotopic (exact) mass is 154 g/mol. The smallest absolute Gasteiger partial charge is 0.309 e. The predicted molar refractivity (Wildman–Crippen MR) is 43.0 cm³/mol. The molecule has 0 unspecified atom stereocenters. The number of rotatable bonds is 3. The average molecular weight is 154 g/mol. The SMILES string of the molecule is C=C(C)[C@@H]1C[C@@H]1C(=O)OCC. The highest BCUT2D eigenvalue weighted by Gasteiger charge is 2.44. The lowest BCUT2D eigenvalue weighted by Gasteiger charge is -1.99. The molecule has 62 valence electrons. The van der Waals surface area contributed by atoms with Crippen LogP contribution >= 0.6 is 0 Å². The van der Waals surface area contributed by atoms with Crippen LogP contribution in [0, 0.1) is 11.8 Å². The molecule has 0 aromatic rings. The largest absolute Gasteiger partial charge is 0.466 e. The molecule has 11 heavy (non-hydrogen) atoms. The van der Waals surface area contributed by atoms with Crippen LogP contribution in [0.1, 0.15) is 20.3 Å². The molecule has 1 aliphatic rings. The third-order valence-electron chi connectivity index (χ3n) is 2.01. The van der Waals surface area contributed by atoms with E-state index in [1.54, 1.807) is 0 Å². The van der Waals surface area contributed by atoms with E-state index in [2.05, 4.69) is 6.58 Å². The summed E-state index contributed by atoms with van der Waals surface area (Å²) in [4.78, 5) is 11.1. The van der Waals surface area contributed by atoms with Crippen molar-refractivity contribution in [2.45, 2.75) is 20.3 Å². The number of allylic oxidation sites excluding steroid dienone is 1. The molecule has 2 heteroatoms. The van der Waals surface area contributed by atoms with Gasteiger partial charge in [0.15, 0.2) is 0 Å². The summed E-state index contributed by atoms with van der Waals surface area (Å²) >= 11 is 0. The molecule has 1 rings (SSSR count). The molecular weight excluding hydrogens is 140 g/mol. The van der Waals surface area contributed by atoms with Crippen molar-refractivity contribution in [3.05, 3.63) is 12.2 Å². The molecule has 0 aromatic heterocycles. The van der Waals surface area contributed by atoms with Crippen LogP contribution in [0.2, 0.25) is 0 Å². The first kappa shape index (κ1) is 8.31. The van der Waals surface area contributed by atoms with E-state index < -0.39 is 0 Å². The molecule has 0 spiro atoms. The van der Waals surface area contributed by atoms with Gasteiger partial charge in [-0.05, 0) is 26.2 Å². The lowest BCUT2D eigenvalue weighted by molar-refractivity contribution is -0.144. The second-order valence-corrected chi connectivity index (χ2v) is 3.05. The Morgan fingerprint density at radius 2 is 2.27 bits per heavy atom. The van der Waals surface area contributed by atoms with Gasteiger partial charge in [-0.3, -0.25) is 4.79 Å². The molecule has 0 amide bonds. The summed E-state index contributed by atoms with van der Waals surface area (Å²) in [6.07, 6.45) is 0.939. The first-order valence-electron chi connectivity index (χ1n) is 3.98. The van der Waals surface area contributed by atoms with Crippen molar-refractivity contribution in [2.24, 2.45) is 11.8 Å². The fraction of sp³-hybridized carbons (Fsp3) is 0.667. The minimum Gasteiger partial charge on any atom is -0.466 e. The standard InChI is InChI=1S/C9H14O2/c1-4-11-9(10)8-5-7(8)6(2)3/h7-8H,2,4-5H2,1,3H3/t7-,8-/m0/s1. The summed E-state index contributed by atoms with van der Waals surface area (Å²) in [6.45, 7) is 8.08. The molecule has 1 aliphatic carbocycles. The van der Waals surface area contributed by atoms with E-state index in [4.69, 9.17) is 4.74 Å². The highest BCUT2D eigenvalue weighted by molar-refractivity contribution is 5.76. The fourth-order valence-electron chi connectivity index (χ4n) is 1.25. The van der Waals surface area contributed by atoms with Crippen molar-refractivity contribution in [3.8, 4) is 0 Å². The second-order valence-electron chi connectivity index (χ2n) is 3.05. The zero-order chi connectivity index (χ0) is 8.43. The molecule has 0 aliphatic heterocycles. The summed E-state index contributed by atoms with van der Waals surface area (Å²) in [5.41, 5.74) is 1.10. The number of hydrogen-bond acceptors (Lipinski definition) is 2. The van der Waals surface area contributed by atoms with E-state index in [0.717, 1.165) is 12.0 Å². The van der Waals surface area contributed by atoms with Gasteiger partial charge in [0.2, 0.25) is 0 Å². The Balaban J connectivity index is 2.32. The Hall–Kier alpha value is -0.790. The lowest BCUT2D eigenvalue weighted by Crippen LogP contribution is -2.07. The molecular formula is C9H14O2. The summed E-state index contributed by atoms with van der Waals surface area (Å²) in [6, 6.07) is 0. The fourth-order valence-corrected chi connectivity index (χ4v) is 1.25. The minimum absolute atomic E-state index is 0.0551. The highest BCUT2D eigenvalue weighted by Crippen LogP contribution is 2.43. The predicted octanol–water partition coefficient (Wildman–Crippen LogP) is 1.76. The van der Waals surface area contributed by atoms with Gasteiger partial charge in [-0.2, -0.15) is 0 Å². The van der Waals surface area contributed by atoms with Gasteiger partial charge in [-0.1, -0.05) is 12.2 Å². The van der Waals surface area contributed by atoms with Crippen LogP contribution < -0.4 is 0 Å². The molecule has 0 N–H and O–H groups in total. The second kappa shape index (κ2) is 3.07. The van der Waals surface area contributed by atoms with Gasteiger partial charge < -0.3 is 4.74 Å². The van der Waals surface area contributed by atoms with E-state index in [0.29, 0.717) is 12.5 Å². The molecule has 0 saturated heterocycles. The number of carbonyl (C=O) groups excluding carboxylic acids is 1. The Morgan fingerprint density at radius 1 is 1.64 bits per heavy atom. The summed E-state index contributed by atoms with van der Waals surface area (Å²) in [7, 11) is 0. The number of carbonyl (C=O) groups is 1. The Bertz CT molecular complexity index is 184. The Kier molecular flexibility index (Phi) is 2.32. The minimum atomic E-state index is -0.0551. The topological polar surface area (TPSA) is 26.3 Å². The number of hydrogen-bond donors (Lipinski definition) is 0. The molecule has 0 bridgehead atoms. The van der Waals surface area contributed by atoms with Crippen molar-refractivity contribution in [1.82, 2.24) is 0 Å². The molecule has 0 radical (unpaired) electrons. The van der Waals surface area contributed by atoms with Crippen molar-refractivity contribution in [1.29, 1.82) is 0 Å². The summed E-state index contributed by atoms with van der Waals surface area (Å²) in [5, 5.41) is 0. The van der Waals surface area contributed by atoms with Crippen LogP contribution in [0.5, 0.6) is 0 Å². The lowest BCUT2D eigenvalue weighted by atomic mass is 10.2. The summed E-state index contributed by atoms with van der Waals surface area (Å²) in [5.74, 6) is 0.460.